The third-order valence-electron chi connectivity index (χ3n) is 2.67. The molecule has 0 bridgehead atoms. The predicted octanol–water partition coefficient (Wildman–Crippen LogP) is 3.82. The molecule has 1 unspecified atom stereocenters. The number of ether oxygens (including phenoxy) is 1. The number of halogens is 3. The van der Waals surface area contributed by atoms with Gasteiger partial charge in [-0.1, -0.05) is 12.1 Å². The highest BCUT2D eigenvalue weighted by Gasteiger charge is 2.27. The van der Waals surface area contributed by atoms with Crippen molar-refractivity contribution < 1.29 is 17.9 Å². The molecule has 0 aliphatic heterocycles. The Morgan fingerprint density at radius 1 is 1.25 bits per heavy atom. The van der Waals surface area contributed by atoms with Gasteiger partial charge in [0.1, 0.15) is 5.75 Å². The fourth-order valence-electron chi connectivity index (χ4n) is 2.06. The average molecular weight is 307 g/mol. The first-order valence-corrected chi connectivity index (χ1v) is 7.37. The van der Waals surface area contributed by atoms with E-state index in [-0.39, 0.29) is 30.2 Å². The maximum absolute atomic E-state index is 12.0. The lowest BCUT2D eigenvalue weighted by atomic mass is 10.0. The molecule has 0 aliphatic rings. The van der Waals surface area contributed by atoms with Gasteiger partial charge in [-0.25, -0.2) is 0 Å². The largest absolute Gasteiger partial charge is 0.492 e. The second-order valence-electron chi connectivity index (χ2n) is 4.88. The van der Waals surface area contributed by atoms with E-state index in [2.05, 4.69) is 0 Å². The van der Waals surface area contributed by atoms with E-state index in [0.717, 1.165) is 23.1 Å². The van der Waals surface area contributed by atoms with E-state index < -0.39 is 5.51 Å². The van der Waals surface area contributed by atoms with Crippen molar-refractivity contribution in [1.29, 1.82) is 0 Å². The van der Waals surface area contributed by atoms with Crippen molar-refractivity contribution in [2.45, 2.75) is 38.7 Å². The number of hydrogen-bond acceptors (Lipinski definition) is 3. The van der Waals surface area contributed by atoms with E-state index in [4.69, 9.17) is 10.5 Å². The van der Waals surface area contributed by atoms with Crippen LogP contribution in [-0.2, 0) is 6.42 Å². The molecule has 6 heteroatoms. The summed E-state index contributed by atoms with van der Waals surface area (Å²) in [5, 5.41) is 0. The number of rotatable bonds is 6. The zero-order valence-electron chi connectivity index (χ0n) is 11.9. The summed E-state index contributed by atoms with van der Waals surface area (Å²) in [6.07, 6.45) is 0.770. The van der Waals surface area contributed by atoms with Crippen molar-refractivity contribution in [2.75, 3.05) is 12.4 Å². The topological polar surface area (TPSA) is 35.2 Å². The van der Waals surface area contributed by atoms with Crippen molar-refractivity contribution in [3.8, 4) is 5.75 Å². The Kier molecular flexibility index (Phi) is 6.20. The molecule has 114 valence electrons. The number of hydrogen-bond donors (Lipinski definition) is 1. The van der Waals surface area contributed by atoms with Gasteiger partial charge in [0.25, 0.3) is 0 Å². The van der Waals surface area contributed by atoms with E-state index in [9.17, 15) is 13.2 Å². The molecule has 0 saturated heterocycles. The number of aryl methyl sites for hydroxylation is 2. The molecule has 0 aliphatic carbocycles. The third kappa shape index (κ3) is 6.05. The van der Waals surface area contributed by atoms with Gasteiger partial charge in [0.05, 0.1) is 6.61 Å². The summed E-state index contributed by atoms with van der Waals surface area (Å²) in [6, 6.07) is 4.02. The number of nitrogens with two attached hydrogens (primary N) is 1. The van der Waals surface area contributed by atoms with Crippen LogP contribution < -0.4 is 10.5 Å². The van der Waals surface area contributed by atoms with Crippen LogP contribution in [0, 0.1) is 13.8 Å². The summed E-state index contributed by atoms with van der Waals surface area (Å²) in [7, 11) is 0. The van der Waals surface area contributed by atoms with Crippen molar-refractivity contribution in [1.82, 2.24) is 0 Å². The molecule has 20 heavy (non-hydrogen) atoms. The third-order valence-corrected chi connectivity index (χ3v) is 3.37. The van der Waals surface area contributed by atoms with E-state index in [1.165, 1.54) is 0 Å². The molecule has 0 heterocycles. The number of thioether (sulfide) groups is 1. The van der Waals surface area contributed by atoms with Crippen LogP contribution in [0.15, 0.2) is 12.1 Å². The second-order valence-corrected chi connectivity index (χ2v) is 6.04. The van der Waals surface area contributed by atoms with Crippen LogP contribution in [-0.4, -0.2) is 23.9 Å². The monoisotopic (exact) mass is 307 g/mol. The van der Waals surface area contributed by atoms with Crippen LogP contribution in [0.5, 0.6) is 5.75 Å². The van der Waals surface area contributed by atoms with E-state index in [1.807, 2.05) is 32.9 Å². The maximum atomic E-state index is 12.0. The lowest BCUT2D eigenvalue weighted by molar-refractivity contribution is -0.0329. The standard InChI is InChI=1S/C14H20F3NOS/c1-9-6-12(8-11(3)18)7-10(2)13(9)19-4-5-20-14(15,16)17/h6-7,11H,4-5,8,18H2,1-3H3. The number of benzene rings is 1. The highest BCUT2D eigenvalue weighted by molar-refractivity contribution is 8.00. The smallest absolute Gasteiger partial charge is 0.441 e. The lowest BCUT2D eigenvalue weighted by Crippen LogP contribution is -2.18. The average Bonchev–Trinajstić information content (AvgIpc) is 2.24. The minimum absolute atomic E-state index is 0.0402. The molecule has 1 aromatic rings. The summed E-state index contributed by atoms with van der Waals surface area (Å²) in [5.41, 5.74) is 4.54. The minimum Gasteiger partial charge on any atom is -0.492 e. The predicted molar refractivity (Wildman–Crippen MR) is 77.3 cm³/mol. The first kappa shape index (κ1) is 17.2. The van der Waals surface area contributed by atoms with Crippen molar-refractivity contribution in [3.63, 3.8) is 0 Å². The Labute approximate surface area is 121 Å². The van der Waals surface area contributed by atoms with Crippen LogP contribution in [0.4, 0.5) is 13.2 Å². The Bertz CT molecular complexity index is 424. The second kappa shape index (κ2) is 7.22. The highest BCUT2D eigenvalue weighted by atomic mass is 32.2. The summed E-state index contributed by atoms with van der Waals surface area (Å²) >= 11 is -0.0654. The van der Waals surface area contributed by atoms with Gasteiger partial charge < -0.3 is 10.5 Å². The normalized spacial score (nSPS) is 13.3. The Hall–Kier alpha value is -0.880. The Balaban J connectivity index is 2.62. The fraction of sp³-hybridized carbons (Fsp3) is 0.571. The lowest BCUT2D eigenvalue weighted by Gasteiger charge is -2.15. The summed E-state index contributed by atoms with van der Waals surface area (Å²) in [4.78, 5) is 0. The van der Waals surface area contributed by atoms with Crippen LogP contribution in [0.2, 0.25) is 0 Å². The van der Waals surface area contributed by atoms with E-state index in [1.54, 1.807) is 0 Å². The van der Waals surface area contributed by atoms with Gasteiger partial charge in [-0.05, 0) is 55.6 Å². The van der Waals surface area contributed by atoms with Gasteiger partial charge >= 0.3 is 5.51 Å². The summed E-state index contributed by atoms with van der Waals surface area (Å²) in [6.45, 7) is 5.76. The van der Waals surface area contributed by atoms with Gasteiger partial charge in [-0.2, -0.15) is 13.2 Å². The van der Waals surface area contributed by atoms with Crippen molar-refractivity contribution in [2.24, 2.45) is 5.73 Å². The molecule has 0 saturated carbocycles. The van der Waals surface area contributed by atoms with Crippen LogP contribution in [0.25, 0.3) is 0 Å². The molecule has 0 radical (unpaired) electrons. The summed E-state index contributed by atoms with van der Waals surface area (Å²) in [5.74, 6) is 0.561. The van der Waals surface area contributed by atoms with Gasteiger partial charge in [0.2, 0.25) is 0 Å². The van der Waals surface area contributed by atoms with Crippen LogP contribution in [0.3, 0.4) is 0 Å². The van der Waals surface area contributed by atoms with Crippen LogP contribution in [0.1, 0.15) is 23.6 Å². The first-order chi connectivity index (χ1) is 9.19. The Morgan fingerprint density at radius 2 is 1.80 bits per heavy atom. The molecular formula is C14H20F3NOS. The minimum atomic E-state index is -4.20. The molecule has 2 nitrogen and oxygen atoms in total. The molecule has 0 amide bonds. The molecule has 1 rings (SSSR count). The van der Waals surface area contributed by atoms with Crippen molar-refractivity contribution in [3.05, 3.63) is 28.8 Å². The fourth-order valence-corrected chi connectivity index (χ4v) is 2.46. The van der Waals surface area contributed by atoms with E-state index in [0.29, 0.717) is 5.75 Å². The van der Waals surface area contributed by atoms with Gasteiger partial charge in [0.15, 0.2) is 0 Å². The first-order valence-electron chi connectivity index (χ1n) is 6.38. The molecule has 1 atom stereocenters. The highest BCUT2D eigenvalue weighted by Crippen LogP contribution is 2.30. The molecule has 0 fully saturated rings. The zero-order chi connectivity index (χ0) is 15.3. The zero-order valence-corrected chi connectivity index (χ0v) is 12.7. The molecule has 0 spiro atoms. The summed E-state index contributed by atoms with van der Waals surface area (Å²) < 4.78 is 41.5. The Morgan fingerprint density at radius 3 is 2.25 bits per heavy atom. The van der Waals surface area contributed by atoms with Gasteiger partial charge in [0, 0.05) is 11.8 Å². The van der Waals surface area contributed by atoms with E-state index >= 15 is 0 Å². The molecule has 1 aromatic carbocycles. The quantitative estimate of drug-likeness (QED) is 0.811. The van der Waals surface area contributed by atoms with Gasteiger partial charge in [-0.15, -0.1) is 0 Å². The SMILES string of the molecule is Cc1cc(CC(C)N)cc(C)c1OCCSC(F)(F)F. The molecule has 2 N–H and O–H groups in total. The molecular weight excluding hydrogens is 287 g/mol. The van der Waals surface area contributed by atoms with Crippen LogP contribution >= 0.6 is 11.8 Å². The van der Waals surface area contributed by atoms with Crippen molar-refractivity contribution >= 4 is 11.8 Å². The number of alkyl halides is 3. The van der Waals surface area contributed by atoms with Gasteiger partial charge in [-0.3, -0.25) is 0 Å². The maximum Gasteiger partial charge on any atom is 0.441 e. The molecule has 0 aromatic heterocycles.